The summed E-state index contributed by atoms with van der Waals surface area (Å²) in [5.41, 5.74) is 0.973. The number of aromatic nitrogens is 2. The molecule has 1 amide bonds. The third kappa shape index (κ3) is 2.76. The van der Waals surface area contributed by atoms with Crippen LogP contribution in [0.2, 0.25) is 0 Å². The number of carbonyl (C=O) groups excluding carboxylic acids is 1. The van der Waals surface area contributed by atoms with Crippen molar-refractivity contribution in [2.24, 2.45) is 7.05 Å². The van der Waals surface area contributed by atoms with E-state index in [1.807, 2.05) is 20.8 Å². The average Bonchev–Trinajstić information content (AvgIpc) is 2.57. The number of alkyl halides is 1. The van der Waals surface area contributed by atoms with Gasteiger partial charge in [0.2, 0.25) is 0 Å². The molecule has 1 aromatic heterocycles. The van der Waals surface area contributed by atoms with Crippen molar-refractivity contribution < 1.29 is 4.79 Å². The average molecular weight is 244 g/mol. The van der Waals surface area contributed by atoms with Crippen molar-refractivity contribution in [3.8, 4) is 0 Å². The van der Waals surface area contributed by atoms with Gasteiger partial charge < -0.3 is 5.32 Å². The molecular weight excluding hydrogens is 226 g/mol. The molecule has 0 spiro atoms. The Morgan fingerprint density at radius 3 is 2.69 bits per heavy atom. The van der Waals surface area contributed by atoms with Gasteiger partial charge in [0.1, 0.15) is 0 Å². The number of rotatable bonds is 4. The largest absolute Gasteiger partial charge is 0.346 e. The van der Waals surface area contributed by atoms with E-state index in [-0.39, 0.29) is 11.4 Å². The predicted molar refractivity (Wildman–Crippen MR) is 64.8 cm³/mol. The first kappa shape index (κ1) is 13.0. The minimum Gasteiger partial charge on any atom is -0.346 e. The molecule has 1 unspecified atom stereocenters. The van der Waals surface area contributed by atoms with Gasteiger partial charge in [-0.1, -0.05) is 6.92 Å². The van der Waals surface area contributed by atoms with E-state index >= 15 is 0 Å². The van der Waals surface area contributed by atoms with Gasteiger partial charge in [-0.2, -0.15) is 5.10 Å². The van der Waals surface area contributed by atoms with Gasteiger partial charge in [-0.3, -0.25) is 9.48 Å². The zero-order valence-electron chi connectivity index (χ0n) is 10.2. The molecule has 0 aromatic carbocycles. The van der Waals surface area contributed by atoms with Gasteiger partial charge in [0.05, 0.1) is 16.8 Å². The van der Waals surface area contributed by atoms with Gasteiger partial charge in [0, 0.05) is 19.1 Å². The second-order valence-electron chi connectivity index (χ2n) is 4.30. The molecule has 0 saturated heterocycles. The van der Waals surface area contributed by atoms with Gasteiger partial charge in [0.15, 0.2) is 0 Å². The molecule has 0 aliphatic heterocycles. The Bertz CT molecular complexity index is 383. The fraction of sp³-hybridized carbons (Fsp3) is 0.636. The van der Waals surface area contributed by atoms with Crippen molar-refractivity contribution >= 4 is 17.5 Å². The summed E-state index contributed by atoms with van der Waals surface area (Å²) in [7, 11) is 1.80. The Hall–Kier alpha value is -1.03. The van der Waals surface area contributed by atoms with Crippen LogP contribution in [0, 0.1) is 6.92 Å². The maximum atomic E-state index is 12.0. The maximum absolute atomic E-state index is 12.0. The van der Waals surface area contributed by atoms with Crippen molar-refractivity contribution in [1.29, 1.82) is 0 Å². The van der Waals surface area contributed by atoms with E-state index in [1.165, 1.54) is 0 Å². The molecule has 1 heterocycles. The predicted octanol–water partition coefficient (Wildman–Crippen LogP) is 1.87. The highest BCUT2D eigenvalue weighted by atomic mass is 35.5. The molecule has 1 atom stereocenters. The quantitative estimate of drug-likeness (QED) is 0.821. The standard InChI is InChI=1S/C11H18ClN3O/c1-5-11(3,7-12)13-10(16)9-6-15(4)14-8(9)2/h6H,5,7H2,1-4H3,(H,13,16). The SMILES string of the molecule is CCC(C)(CCl)NC(=O)c1cn(C)nc1C. The van der Waals surface area contributed by atoms with E-state index in [4.69, 9.17) is 11.6 Å². The Balaban J connectivity index is 2.84. The Morgan fingerprint density at radius 1 is 1.69 bits per heavy atom. The van der Waals surface area contributed by atoms with Crippen molar-refractivity contribution in [1.82, 2.24) is 15.1 Å². The Morgan fingerprint density at radius 2 is 2.31 bits per heavy atom. The van der Waals surface area contributed by atoms with Crippen molar-refractivity contribution in [3.63, 3.8) is 0 Å². The van der Waals surface area contributed by atoms with Crippen molar-refractivity contribution in [3.05, 3.63) is 17.5 Å². The lowest BCUT2D eigenvalue weighted by Crippen LogP contribution is -2.47. The molecule has 90 valence electrons. The summed E-state index contributed by atoms with van der Waals surface area (Å²) < 4.78 is 1.63. The Kier molecular flexibility index (Phi) is 3.97. The third-order valence-corrected chi connectivity index (χ3v) is 3.34. The van der Waals surface area contributed by atoms with Gasteiger partial charge in [0.25, 0.3) is 5.91 Å². The summed E-state index contributed by atoms with van der Waals surface area (Å²) in [4.78, 5) is 12.0. The molecule has 0 fully saturated rings. The lowest BCUT2D eigenvalue weighted by molar-refractivity contribution is 0.0911. The second-order valence-corrected chi connectivity index (χ2v) is 4.57. The topological polar surface area (TPSA) is 46.9 Å². The number of aryl methyl sites for hydroxylation is 2. The number of hydrogen-bond acceptors (Lipinski definition) is 2. The molecule has 0 radical (unpaired) electrons. The van der Waals surface area contributed by atoms with Crippen LogP contribution in [-0.2, 0) is 7.05 Å². The number of amides is 1. The zero-order chi connectivity index (χ0) is 12.3. The summed E-state index contributed by atoms with van der Waals surface area (Å²) >= 11 is 5.85. The van der Waals surface area contributed by atoms with Gasteiger partial charge in [-0.25, -0.2) is 0 Å². The summed E-state index contributed by atoms with van der Waals surface area (Å²) in [6.07, 6.45) is 2.51. The summed E-state index contributed by atoms with van der Waals surface area (Å²) in [5, 5.41) is 7.08. The normalized spacial score (nSPS) is 14.6. The molecule has 0 aliphatic carbocycles. The third-order valence-electron chi connectivity index (χ3n) is 2.75. The number of carbonyl (C=O) groups is 1. The second kappa shape index (κ2) is 4.87. The first-order valence-electron chi connectivity index (χ1n) is 5.30. The molecular formula is C11H18ClN3O. The molecule has 0 bridgehead atoms. The number of nitrogens with one attached hydrogen (secondary N) is 1. The molecule has 1 aromatic rings. The summed E-state index contributed by atoms with van der Waals surface area (Å²) in [6.45, 7) is 5.75. The summed E-state index contributed by atoms with van der Waals surface area (Å²) in [5.74, 6) is 0.282. The summed E-state index contributed by atoms with van der Waals surface area (Å²) in [6, 6.07) is 0. The van der Waals surface area contributed by atoms with E-state index in [9.17, 15) is 4.79 Å². The Labute approximate surface area is 101 Å². The van der Waals surface area contributed by atoms with Crippen LogP contribution in [0.1, 0.15) is 36.3 Å². The first-order chi connectivity index (χ1) is 7.41. The van der Waals surface area contributed by atoms with Crippen molar-refractivity contribution in [2.45, 2.75) is 32.7 Å². The fourth-order valence-electron chi connectivity index (χ4n) is 1.38. The zero-order valence-corrected chi connectivity index (χ0v) is 10.9. The van der Waals surface area contributed by atoms with Crippen LogP contribution in [0.5, 0.6) is 0 Å². The molecule has 4 nitrogen and oxygen atoms in total. The van der Waals surface area contributed by atoms with E-state index in [0.29, 0.717) is 11.4 Å². The fourth-order valence-corrected chi connectivity index (χ4v) is 1.64. The van der Waals surface area contributed by atoms with E-state index < -0.39 is 0 Å². The smallest absolute Gasteiger partial charge is 0.255 e. The molecule has 1 N–H and O–H groups in total. The van der Waals surface area contributed by atoms with Gasteiger partial charge >= 0.3 is 0 Å². The van der Waals surface area contributed by atoms with Crippen LogP contribution in [0.25, 0.3) is 0 Å². The number of hydrogen-bond donors (Lipinski definition) is 1. The lowest BCUT2D eigenvalue weighted by atomic mass is 10.0. The molecule has 0 aliphatic rings. The van der Waals surface area contributed by atoms with E-state index in [2.05, 4.69) is 10.4 Å². The van der Waals surface area contributed by atoms with E-state index in [0.717, 1.165) is 12.1 Å². The first-order valence-corrected chi connectivity index (χ1v) is 5.84. The number of halogens is 1. The lowest BCUT2D eigenvalue weighted by Gasteiger charge is -2.26. The van der Waals surface area contributed by atoms with Crippen LogP contribution < -0.4 is 5.32 Å². The van der Waals surface area contributed by atoms with Crippen LogP contribution in [0.15, 0.2) is 6.20 Å². The highest BCUT2D eigenvalue weighted by molar-refractivity contribution is 6.18. The van der Waals surface area contributed by atoms with Crippen LogP contribution in [0.3, 0.4) is 0 Å². The van der Waals surface area contributed by atoms with Crippen LogP contribution in [0.4, 0.5) is 0 Å². The maximum Gasteiger partial charge on any atom is 0.255 e. The molecule has 0 saturated carbocycles. The van der Waals surface area contributed by atoms with Crippen molar-refractivity contribution in [2.75, 3.05) is 5.88 Å². The number of nitrogens with zero attached hydrogens (tertiary/aromatic N) is 2. The van der Waals surface area contributed by atoms with E-state index in [1.54, 1.807) is 17.9 Å². The highest BCUT2D eigenvalue weighted by Gasteiger charge is 2.25. The molecule has 1 rings (SSSR count). The highest BCUT2D eigenvalue weighted by Crippen LogP contribution is 2.13. The minimum absolute atomic E-state index is 0.115. The van der Waals surface area contributed by atoms with Crippen LogP contribution in [-0.4, -0.2) is 27.1 Å². The monoisotopic (exact) mass is 243 g/mol. The minimum atomic E-state index is -0.360. The molecule has 5 heteroatoms. The van der Waals surface area contributed by atoms with Crippen LogP contribution >= 0.6 is 11.6 Å². The van der Waals surface area contributed by atoms with Gasteiger partial charge in [-0.15, -0.1) is 11.6 Å². The van der Waals surface area contributed by atoms with Gasteiger partial charge in [-0.05, 0) is 20.3 Å². The molecule has 16 heavy (non-hydrogen) atoms.